The smallest absolute Gasteiger partial charge is 0.193 e. The molecular weight excluding hydrogens is 428 g/mol. The van der Waals surface area contributed by atoms with Crippen molar-refractivity contribution in [1.29, 1.82) is 0 Å². The summed E-state index contributed by atoms with van der Waals surface area (Å²) in [6.07, 6.45) is 1.82. The minimum absolute atomic E-state index is 0.00482. The van der Waals surface area contributed by atoms with Crippen LogP contribution in [-0.4, -0.2) is 24.6 Å². The minimum Gasteiger partial charge on any atom is -0.496 e. The Morgan fingerprint density at radius 3 is 2.36 bits per heavy atom. The molecule has 0 saturated heterocycles. The molecule has 0 aromatic heterocycles. The summed E-state index contributed by atoms with van der Waals surface area (Å²) in [5.41, 5.74) is 4.54. The third-order valence-electron chi connectivity index (χ3n) is 5.50. The fraction of sp³-hybridized carbons (Fsp3) is 0.286. The third-order valence-corrected chi connectivity index (χ3v) is 5.74. The highest BCUT2D eigenvalue weighted by Gasteiger charge is 2.15. The molecule has 0 unspecified atom stereocenters. The van der Waals surface area contributed by atoms with Crippen molar-refractivity contribution in [3.8, 4) is 5.75 Å². The molecule has 0 amide bonds. The van der Waals surface area contributed by atoms with E-state index in [2.05, 4.69) is 37.5 Å². The van der Waals surface area contributed by atoms with E-state index in [0.717, 1.165) is 30.8 Å². The topological polar surface area (TPSA) is 50.4 Å². The van der Waals surface area contributed by atoms with Crippen molar-refractivity contribution >= 4 is 28.8 Å². The Labute approximate surface area is 202 Å². The van der Waals surface area contributed by atoms with Crippen LogP contribution in [-0.2, 0) is 11.8 Å². The van der Waals surface area contributed by atoms with Crippen LogP contribution >= 0.6 is 12.2 Å². The zero-order valence-electron chi connectivity index (χ0n) is 19.8. The zero-order chi connectivity index (χ0) is 23.8. The number of para-hydroxylation sites is 1. The van der Waals surface area contributed by atoms with Gasteiger partial charge in [-0.1, -0.05) is 75.4 Å². The van der Waals surface area contributed by atoms with E-state index in [4.69, 9.17) is 17.0 Å². The number of rotatable bonds is 8. The molecule has 0 aliphatic heterocycles. The molecule has 4 nitrogen and oxygen atoms in total. The molecule has 0 radical (unpaired) electrons. The molecule has 0 atom stereocenters. The number of aryl methyl sites for hydroxylation is 1. The Morgan fingerprint density at radius 2 is 1.67 bits per heavy atom. The van der Waals surface area contributed by atoms with E-state index in [-0.39, 0.29) is 11.2 Å². The minimum atomic E-state index is -0.00482. The van der Waals surface area contributed by atoms with E-state index in [1.807, 2.05) is 66.7 Å². The van der Waals surface area contributed by atoms with Crippen LogP contribution in [0.2, 0.25) is 0 Å². The summed E-state index contributed by atoms with van der Waals surface area (Å²) < 4.78 is 5.40. The number of methoxy groups -OCH3 is 1. The SMILES string of the molecule is COc1ccccc1CCCNC(=S)Nc1cccc(C(=O)c2ccc(C(C)(C)C)cc2)c1. The Bertz CT molecular complexity index is 1100. The number of hydrogen-bond acceptors (Lipinski definition) is 3. The summed E-state index contributed by atoms with van der Waals surface area (Å²) >= 11 is 5.43. The molecule has 0 fully saturated rings. The van der Waals surface area contributed by atoms with Gasteiger partial charge in [-0.05, 0) is 59.8 Å². The van der Waals surface area contributed by atoms with Gasteiger partial charge in [0.1, 0.15) is 5.75 Å². The van der Waals surface area contributed by atoms with Crippen LogP contribution in [0, 0.1) is 0 Å². The largest absolute Gasteiger partial charge is 0.496 e. The number of ketones is 1. The first-order valence-electron chi connectivity index (χ1n) is 11.2. The lowest BCUT2D eigenvalue weighted by molar-refractivity contribution is 0.103. The van der Waals surface area contributed by atoms with E-state index in [1.54, 1.807) is 7.11 Å². The molecule has 0 bridgehead atoms. The van der Waals surface area contributed by atoms with Crippen LogP contribution in [0.1, 0.15) is 54.2 Å². The quantitative estimate of drug-likeness (QED) is 0.240. The Morgan fingerprint density at radius 1 is 0.939 bits per heavy atom. The molecule has 33 heavy (non-hydrogen) atoms. The predicted octanol–water partition coefficient (Wildman–Crippen LogP) is 6.14. The second kappa shape index (κ2) is 11.1. The maximum Gasteiger partial charge on any atom is 0.193 e. The molecule has 5 heteroatoms. The molecule has 3 aromatic carbocycles. The molecular formula is C28H32N2O2S. The average Bonchev–Trinajstić information content (AvgIpc) is 2.81. The van der Waals surface area contributed by atoms with Crippen molar-refractivity contribution in [2.75, 3.05) is 19.0 Å². The monoisotopic (exact) mass is 460 g/mol. The number of hydrogen-bond donors (Lipinski definition) is 2. The van der Waals surface area contributed by atoms with Crippen molar-refractivity contribution in [1.82, 2.24) is 5.32 Å². The first-order chi connectivity index (χ1) is 15.8. The van der Waals surface area contributed by atoms with E-state index in [0.29, 0.717) is 16.2 Å². The van der Waals surface area contributed by atoms with Gasteiger partial charge in [-0.15, -0.1) is 0 Å². The number of benzene rings is 3. The summed E-state index contributed by atoms with van der Waals surface area (Å²) in [5.74, 6) is 0.905. The maximum atomic E-state index is 13.0. The number of thiocarbonyl (C=S) groups is 1. The average molecular weight is 461 g/mol. The lowest BCUT2D eigenvalue weighted by Gasteiger charge is -2.19. The van der Waals surface area contributed by atoms with Crippen molar-refractivity contribution in [3.63, 3.8) is 0 Å². The summed E-state index contributed by atoms with van der Waals surface area (Å²) in [5, 5.41) is 6.95. The number of nitrogens with one attached hydrogen (secondary N) is 2. The third kappa shape index (κ3) is 6.90. The lowest BCUT2D eigenvalue weighted by Crippen LogP contribution is -2.29. The summed E-state index contributed by atoms with van der Waals surface area (Å²) in [6.45, 7) is 7.22. The van der Waals surface area contributed by atoms with Crippen LogP contribution < -0.4 is 15.4 Å². The second-order valence-corrected chi connectivity index (χ2v) is 9.44. The summed E-state index contributed by atoms with van der Waals surface area (Å²) in [7, 11) is 1.69. The summed E-state index contributed by atoms with van der Waals surface area (Å²) in [6, 6.07) is 23.3. The highest BCUT2D eigenvalue weighted by atomic mass is 32.1. The second-order valence-electron chi connectivity index (χ2n) is 9.03. The first kappa shape index (κ1) is 24.5. The molecule has 0 spiro atoms. The fourth-order valence-electron chi connectivity index (χ4n) is 3.59. The molecule has 0 saturated carbocycles. The summed E-state index contributed by atoms with van der Waals surface area (Å²) in [4.78, 5) is 13.0. The van der Waals surface area contributed by atoms with Gasteiger partial charge >= 0.3 is 0 Å². The van der Waals surface area contributed by atoms with Gasteiger partial charge in [-0.2, -0.15) is 0 Å². The van der Waals surface area contributed by atoms with Crippen LogP contribution in [0.15, 0.2) is 72.8 Å². The van der Waals surface area contributed by atoms with Crippen molar-refractivity contribution in [2.24, 2.45) is 0 Å². The molecule has 2 N–H and O–H groups in total. The predicted molar refractivity (Wildman–Crippen MR) is 141 cm³/mol. The van der Waals surface area contributed by atoms with Gasteiger partial charge in [-0.25, -0.2) is 0 Å². The Kier molecular flexibility index (Phi) is 8.23. The van der Waals surface area contributed by atoms with Gasteiger partial charge in [0.05, 0.1) is 7.11 Å². The Balaban J connectivity index is 1.54. The number of carbonyl (C=O) groups is 1. The highest BCUT2D eigenvalue weighted by Crippen LogP contribution is 2.23. The van der Waals surface area contributed by atoms with Crippen LogP contribution in [0.3, 0.4) is 0 Å². The molecule has 0 aliphatic rings. The highest BCUT2D eigenvalue weighted by molar-refractivity contribution is 7.80. The molecule has 0 heterocycles. The van der Waals surface area contributed by atoms with Gasteiger partial charge in [-0.3, -0.25) is 4.79 Å². The number of anilines is 1. The molecule has 3 aromatic rings. The van der Waals surface area contributed by atoms with E-state index >= 15 is 0 Å². The van der Waals surface area contributed by atoms with E-state index < -0.39 is 0 Å². The molecule has 3 rings (SSSR count). The van der Waals surface area contributed by atoms with Gasteiger partial charge in [0.25, 0.3) is 0 Å². The molecule has 0 aliphatic carbocycles. The van der Waals surface area contributed by atoms with Gasteiger partial charge in [0.15, 0.2) is 10.9 Å². The lowest BCUT2D eigenvalue weighted by atomic mass is 9.86. The van der Waals surface area contributed by atoms with Gasteiger partial charge < -0.3 is 15.4 Å². The zero-order valence-corrected chi connectivity index (χ0v) is 20.6. The van der Waals surface area contributed by atoms with Gasteiger partial charge in [0, 0.05) is 23.4 Å². The maximum absolute atomic E-state index is 13.0. The number of carbonyl (C=O) groups excluding carboxylic acids is 1. The van der Waals surface area contributed by atoms with Crippen molar-refractivity contribution in [2.45, 2.75) is 39.0 Å². The van der Waals surface area contributed by atoms with Crippen LogP contribution in [0.4, 0.5) is 5.69 Å². The fourth-order valence-corrected chi connectivity index (χ4v) is 3.81. The van der Waals surface area contributed by atoms with E-state index in [9.17, 15) is 4.79 Å². The van der Waals surface area contributed by atoms with Crippen molar-refractivity contribution < 1.29 is 9.53 Å². The molecule has 172 valence electrons. The standard InChI is InChI=1S/C28H32N2O2S/c1-28(2,3)23-16-14-21(15-17-23)26(31)22-10-7-12-24(19-22)30-27(33)29-18-8-11-20-9-5-6-13-25(20)32-4/h5-7,9-10,12-17,19H,8,11,18H2,1-4H3,(H2,29,30,33). The van der Waals surface area contributed by atoms with Gasteiger partial charge in [0.2, 0.25) is 0 Å². The van der Waals surface area contributed by atoms with E-state index in [1.165, 1.54) is 11.1 Å². The van der Waals surface area contributed by atoms with Crippen LogP contribution in [0.25, 0.3) is 0 Å². The first-order valence-corrected chi connectivity index (χ1v) is 11.6. The normalized spacial score (nSPS) is 11.0. The number of ether oxygens (including phenoxy) is 1. The van der Waals surface area contributed by atoms with Crippen LogP contribution in [0.5, 0.6) is 5.75 Å². The Hall–Kier alpha value is -3.18. The van der Waals surface area contributed by atoms with Crippen molar-refractivity contribution in [3.05, 3.63) is 95.1 Å².